The topological polar surface area (TPSA) is 60.8 Å². The minimum absolute atomic E-state index is 0.0722. The number of ether oxygens (including phenoxy) is 3. The first-order valence-corrected chi connectivity index (χ1v) is 9.63. The quantitative estimate of drug-likeness (QED) is 0.380. The predicted molar refractivity (Wildman–Crippen MR) is 102 cm³/mol. The molecule has 0 unspecified atom stereocenters. The summed E-state index contributed by atoms with van der Waals surface area (Å²) in [6.45, 7) is 0.431. The molecule has 0 atom stereocenters. The zero-order valence-electron chi connectivity index (χ0n) is 17.4. The number of halogens is 6. The van der Waals surface area contributed by atoms with E-state index < -0.39 is 30.3 Å². The molecule has 1 N–H and O–H groups in total. The van der Waals surface area contributed by atoms with Crippen LogP contribution in [0, 0.1) is 0 Å². The maximum absolute atomic E-state index is 13.8. The summed E-state index contributed by atoms with van der Waals surface area (Å²) in [6, 6.07) is 5.63. The molecule has 32 heavy (non-hydrogen) atoms. The SMILES string of the molecule is CCCc1cc(C(OCOC)(C(F)(F)F)C(F)(F)F)ccc1Oc1ccc(CCO)cn1. The van der Waals surface area contributed by atoms with E-state index in [9.17, 15) is 26.3 Å². The highest BCUT2D eigenvalue weighted by Gasteiger charge is 2.73. The van der Waals surface area contributed by atoms with Crippen molar-refractivity contribution in [2.75, 3.05) is 20.5 Å². The Morgan fingerprint density at radius 1 is 0.969 bits per heavy atom. The summed E-state index contributed by atoms with van der Waals surface area (Å²) in [5.41, 5.74) is -4.83. The molecule has 0 saturated heterocycles. The molecule has 0 radical (unpaired) electrons. The van der Waals surface area contributed by atoms with E-state index in [2.05, 4.69) is 14.5 Å². The Morgan fingerprint density at radius 2 is 1.66 bits per heavy atom. The van der Waals surface area contributed by atoms with Gasteiger partial charge in [0.25, 0.3) is 5.60 Å². The van der Waals surface area contributed by atoms with Crippen molar-refractivity contribution in [1.82, 2.24) is 4.98 Å². The Morgan fingerprint density at radius 3 is 2.16 bits per heavy atom. The molecule has 0 amide bonds. The number of aliphatic hydroxyl groups excluding tert-OH is 1. The number of hydrogen-bond acceptors (Lipinski definition) is 5. The highest BCUT2D eigenvalue weighted by atomic mass is 19.4. The summed E-state index contributed by atoms with van der Waals surface area (Å²) >= 11 is 0. The van der Waals surface area contributed by atoms with Crippen molar-refractivity contribution in [3.8, 4) is 11.6 Å². The average Bonchev–Trinajstić information content (AvgIpc) is 2.70. The Bertz CT molecular complexity index is 854. The van der Waals surface area contributed by atoms with Gasteiger partial charge in [-0.05, 0) is 36.1 Å². The third kappa shape index (κ3) is 5.51. The molecule has 0 aliphatic heterocycles. The summed E-state index contributed by atoms with van der Waals surface area (Å²) in [7, 11) is 0.926. The van der Waals surface area contributed by atoms with Crippen LogP contribution in [0.5, 0.6) is 11.6 Å². The van der Waals surface area contributed by atoms with E-state index in [-0.39, 0.29) is 30.2 Å². The van der Waals surface area contributed by atoms with Crippen LogP contribution in [0.4, 0.5) is 26.3 Å². The van der Waals surface area contributed by atoms with E-state index in [4.69, 9.17) is 9.84 Å². The molecule has 0 saturated carbocycles. The molecule has 1 aromatic heterocycles. The van der Waals surface area contributed by atoms with Crippen LogP contribution in [0.3, 0.4) is 0 Å². The lowest BCUT2D eigenvalue weighted by molar-refractivity contribution is -0.400. The van der Waals surface area contributed by atoms with Gasteiger partial charge >= 0.3 is 12.4 Å². The van der Waals surface area contributed by atoms with Gasteiger partial charge in [-0.15, -0.1) is 0 Å². The standard InChI is InChI=1S/C21H23F6NO4/c1-3-4-15-11-16(19(20(22,23)24,21(25,26)27)31-13-30-2)6-7-17(15)32-18-8-5-14(9-10-29)12-28-18/h5-8,11-12,29H,3-4,9-10,13H2,1-2H3. The van der Waals surface area contributed by atoms with Crippen LogP contribution in [-0.2, 0) is 27.9 Å². The van der Waals surface area contributed by atoms with E-state index in [0.717, 1.165) is 24.8 Å². The molecule has 11 heteroatoms. The number of hydrogen-bond donors (Lipinski definition) is 1. The fraction of sp³-hybridized carbons (Fsp3) is 0.476. The van der Waals surface area contributed by atoms with Crippen LogP contribution < -0.4 is 4.74 Å². The van der Waals surface area contributed by atoms with Crippen molar-refractivity contribution >= 4 is 0 Å². The maximum Gasteiger partial charge on any atom is 0.430 e. The monoisotopic (exact) mass is 467 g/mol. The Kier molecular flexibility index (Phi) is 8.49. The van der Waals surface area contributed by atoms with E-state index in [1.807, 2.05) is 0 Å². The number of benzene rings is 1. The summed E-state index contributed by atoms with van der Waals surface area (Å²) in [6.07, 6.45) is -9.19. The number of rotatable bonds is 10. The van der Waals surface area contributed by atoms with Crippen LogP contribution in [-0.4, -0.2) is 43.0 Å². The highest BCUT2D eigenvalue weighted by molar-refractivity contribution is 5.43. The first-order chi connectivity index (χ1) is 15.0. The van der Waals surface area contributed by atoms with Crippen molar-refractivity contribution in [1.29, 1.82) is 0 Å². The van der Waals surface area contributed by atoms with Gasteiger partial charge in [-0.3, -0.25) is 0 Å². The number of nitrogens with zero attached hydrogens (tertiary/aromatic N) is 1. The van der Waals surface area contributed by atoms with E-state index >= 15 is 0 Å². The molecular weight excluding hydrogens is 444 g/mol. The van der Waals surface area contributed by atoms with Gasteiger partial charge in [0, 0.05) is 31.5 Å². The van der Waals surface area contributed by atoms with Gasteiger partial charge in [-0.25, -0.2) is 4.98 Å². The van der Waals surface area contributed by atoms with Crippen LogP contribution in [0.2, 0.25) is 0 Å². The van der Waals surface area contributed by atoms with E-state index in [1.165, 1.54) is 12.3 Å². The average molecular weight is 467 g/mol. The van der Waals surface area contributed by atoms with Gasteiger partial charge in [0.2, 0.25) is 5.88 Å². The minimum Gasteiger partial charge on any atom is -0.439 e. The number of aromatic nitrogens is 1. The van der Waals surface area contributed by atoms with Crippen LogP contribution in [0.1, 0.15) is 30.0 Å². The maximum atomic E-state index is 13.8. The van der Waals surface area contributed by atoms with Gasteiger partial charge < -0.3 is 19.3 Å². The van der Waals surface area contributed by atoms with Crippen molar-refractivity contribution in [2.24, 2.45) is 0 Å². The second-order valence-electron chi connectivity index (χ2n) is 6.88. The predicted octanol–water partition coefficient (Wildman–Crippen LogP) is 5.30. The Hall–Kier alpha value is -2.37. The number of pyridine rings is 1. The van der Waals surface area contributed by atoms with Crippen molar-refractivity contribution in [2.45, 2.75) is 44.1 Å². The summed E-state index contributed by atoms with van der Waals surface area (Å²) in [5, 5.41) is 8.94. The second-order valence-corrected chi connectivity index (χ2v) is 6.88. The fourth-order valence-corrected chi connectivity index (χ4v) is 3.11. The lowest BCUT2D eigenvalue weighted by Gasteiger charge is -2.37. The third-order valence-corrected chi connectivity index (χ3v) is 4.59. The summed E-state index contributed by atoms with van der Waals surface area (Å²) in [5.74, 6) is 0.174. The van der Waals surface area contributed by atoms with Crippen LogP contribution in [0.25, 0.3) is 0 Å². The van der Waals surface area contributed by atoms with E-state index in [0.29, 0.717) is 18.9 Å². The summed E-state index contributed by atoms with van der Waals surface area (Å²) < 4.78 is 97.0. The molecule has 1 heterocycles. The zero-order chi connectivity index (χ0) is 24.0. The highest BCUT2D eigenvalue weighted by Crippen LogP contribution is 2.53. The largest absolute Gasteiger partial charge is 0.439 e. The Balaban J connectivity index is 2.53. The number of methoxy groups -OCH3 is 1. The third-order valence-electron chi connectivity index (χ3n) is 4.59. The fourth-order valence-electron chi connectivity index (χ4n) is 3.11. The lowest BCUT2D eigenvalue weighted by atomic mass is 9.89. The van der Waals surface area contributed by atoms with Crippen LogP contribution in [0.15, 0.2) is 36.5 Å². The molecule has 2 rings (SSSR count). The first kappa shape index (κ1) is 25.9. The van der Waals surface area contributed by atoms with Crippen molar-refractivity contribution in [3.63, 3.8) is 0 Å². The second kappa shape index (κ2) is 10.5. The van der Waals surface area contributed by atoms with Gasteiger partial charge in [0.05, 0.1) is 0 Å². The van der Waals surface area contributed by atoms with Gasteiger partial charge in [-0.1, -0.05) is 25.5 Å². The lowest BCUT2D eigenvalue weighted by Crippen LogP contribution is -2.56. The number of alkyl halides is 6. The van der Waals surface area contributed by atoms with E-state index in [1.54, 1.807) is 13.0 Å². The van der Waals surface area contributed by atoms with Gasteiger partial charge in [0.1, 0.15) is 12.5 Å². The molecule has 0 aliphatic rings. The molecule has 0 aliphatic carbocycles. The molecule has 0 fully saturated rings. The minimum atomic E-state index is -5.81. The molecule has 0 spiro atoms. The molecule has 178 valence electrons. The number of aliphatic hydroxyl groups is 1. The first-order valence-electron chi connectivity index (χ1n) is 9.63. The van der Waals surface area contributed by atoms with Gasteiger partial charge in [-0.2, -0.15) is 26.3 Å². The molecule has 2 aromatic rings. The number of aryl methyl sites for hydroxylation is 1. The molecule has 0 bridgehead atoms. The normalized spacial score (nSPS) is 12.8. The van der Waals surface area contributed by atoms with Gasteiger partial charge in [0.15, 0.2) is 0 Å². The van der Waals surface area contributed by atoms with Crippen molar-refractivity contribution in [3.05, 3.63) is 53.2 Å². The van der Waals surface area contributed by atoms with Crippen LogP contribution >= 0.6 is 0 Å². The summed E-state index contributed by atoms with van der Waals surface area (Å²) in [4.78, 5) is 4.05. The molecular formula is C21H23F6NO4. The Labute approximate surface area is 180 Å². The smallest absolute Gasteiger partial charge is 0.430 e. The van der Waals surface area contributed by atoms with Crippen molar-refractivity contribution < 1.29 is 45.7 Å². The molecule has 5 nitrogen and oxygen atoms in total. The zero-order valence-corrected chi connectivity index (χ0v) is 17.4. The molecule has 1 aromatic carbocycles.